The van der Waals surface area contributed by atoms with Gasteiger partial charge in [0.05, 0.1) is 0 Å². The summed E-state index contributed by atoms with van der Waals surface area (Å²) in [6.07, 6.45) is 0. The van der Waals surface area contributed by atoms with E-state index >= 15 is 0 Å². The average molecular weight is 696 g/mol. The Morgan fingerprint density at radius 3 is 1.69 bits per heavy atom. The van der Waals surface area contributed by atoms with Gasteiger partial charge in [-0.1, -0.05) is 36.4 Å². The molecule has 0 saturated carbocycles. The van der Waals surface area contributed by atoms with Gasteiger partial charge >= 0.3 is 251 Å². The molecule has 3 heterocycles. The summed E-state index contributed by atoms with van der Waals surface area (Å²) in [6, 6.07) is 51.2. The summed E-state index contributed by atoms with van der Waals surface area (Å²) in [5, 5.41) is 8.53. The molecule has 3 aromatic heterocycles. The molecule has 0 unspecified atom stereocenters. The molecule has 4 nitrogen and oxygen atoms in total. The monoisotopic (exact) mass is 696 g/mol. The minimum atomic E-state index is 0.229. The molecular weight excluding hydrogens is 672 g/mol. The van der Waals surface area contributed by atoms with Gasteiger partial charge in [0.1, 0.15) is 0 Å². The molecule has 0 N–H and O–H groups in total. The van der Waals surface area contributed by atoms with Crippen LogP contribution in [-0.4, -0.2) is 34.4 Å². The number of hydrogen-bond acceptors (Lipinski definition) is 5. The molecule has 0 amide bonds. The van der Waals surface area contributed by atoms with Gasteiger partial charge < -0.3 is 0 Å². The van der Waals surface area contributed by atoms with Crippen LogP contribution >= 0.6 is 11.3 Å². The van der Waals surface area contributed by atoms with Crippen LogP contribution in [0.25, 0.3) is 95.8 Å². The number of hydrogen-bond donors (Lipinski definition) is 0. The van der Waals surface area contributed by atoms with Crippen molar-refractivity contribution in [3.63, 3.8) is 0 Å². The van der Waals surface area contributed by atoms with E-state index in [1.165, 1.54) is 45.5 Å². The van der Waals surface area contributed by atoms with E-state index < -0.39 is 0 Å². The molecule has 0 atom stereocenters. The van der Waals surface area contributed by atoms with Crippen LogP contribution in [0, 0.1) is 0 Å². The maximum atomic E-state index is 5.22. The van der Waals surface area contributed by atoms with E-state index in [-0.39, 0.29) is 14.5 Å². The second-order valence-electron chi connectivity index (χ2n) is 11.9. The molecule has 7 aromatic carbocycles. The molecule has 0 aliphatic carbocycles. The smallest absolute Gasteiger partial charge is 0.0615 e. The van der Waals surface area contributed by atoms with Crippen molar-refractivity contribution in [3.8, 4) is 44.7 Å². The van der Waals surface area contributed by atoms with Crippen molar-refractivity contribution >= 4 is 76.9 Å². The van der Waals surface area contributed by atoms with Crippen molar-refractivity contribution in [2.75, 3.05) is 0 Å². The predicted molar refractivity (Wildman–Crippen MR) is 202 cm³/mol. The van der Waals surface area contributed by atoms with Crippen LogP contribution in [-0.2, 0) is 0 Å². The van der Waals surface area contributed by atoms with Gasteiger partial charge in [0.25, 0.3) is 0 Å². The first-order valence-electron chi connectivity index (χ1n) is 15.8. The summed E-state index contributed by atoms with van der Waals surface area (Å²) in [5.41, 5.74) is 5.17. The first-order chi connectivity index (χ1) is 23.7. The Hall–Kier alpha value is -5.52. The van der Waals surface area contributed by atoms with Gasteiger partial charge in [0.15, 0.2) is 0 Å². The van der Waals surface area contributed by atoms with E-state index in [4.69, 9.17) is 19.9 Å². The second kappa shape index (κ2) is 11.0. The Morgan fingerprint density at radius 2 is 1.00 bits per heavy atom. The molecule has 6 heteroatoms. The quantitative estimate of drug-likeness (QED) is 0.136. The van der Waals surface area contributed by atoms with Crippen molar-refractivity contribution < 1.29 is 0 Å². The number of benzene rings is 7. The molecule has 10 rings (SSSR count). The fraction of sp³-hybridized carbons (Fsp3) is 0. The van der Waals surface area contributed by atoms with E-state index in [0.29, 0.717) is 17.5 Å². The SMILES string of the molecule is c1ccc(-c2nc(-c3ccccc3)nc(-c3ccc4ccc5cc6[se]c7ccc8sc(-c9ccccc9)nc8c7c6cc5c4c3)n2)cc1. The second-order valence-corrected chi connectivity index (χ2v) is 15.2. The van der Waals surface area contributed by atoms with Crippen molar-refractivity contribution in [3.05, 3.63) is 146 Å². The third-order valence-electron chi connectivity index (χ3n) is 8.93. The average Bonchev–Trinajstić information content (AvgIpc) is 3.76. The van der Waals surface area contributed by atoms with Crippen molar-refractivity contribution in [2.45, 2.75) is 0 Å². The van der Waals surface area contributed by atoms with E-state index in [0.717, 1.165) is 32.8 Å². The standard InChI is InChI=1S/C42H24N4SSe/c1-4-10-26(11-5-1)39-44-40(27-12-6-2-7-13-27)46-41(45-39)30-19-17-25-16-18-29-23-36-33(24-32(29)31(25)22-30)37-35(48-36)21-20-34-38(37)43-42(47-34)28-14-8-3-9-15-28/h1-24H. The van der Waals surface area contributed by atoms with E-state index in [2.05, 4.69) is 84.9 Å². The fourth-order valence-electron chi connectivity index (χ4n) is 6.58. The maximum absolute atomic E-state index is 5.22. The van der Waals surface area contributed by atoms with Crippen LogP contribution in [0.1, 0.15) is 0 Å². The number of rotatable bonds is 4. The van der Waals surface area contributed by atoms with Crippen LogP contribution < -0.4 is 0 Å². The van der Waals surface area contributed by atoms with Gasteiger partial charge in [-0.25, -0.2) is 0 Å². The third kappa shape index (κ3) is 4.57. The minimum Gasteiger partial charge on any atom is -0.0615 e. The van der Waals surface area contributed by atoms with Gasteiger partial charge in [-0.3, -0.25) is 0 Å². The summed E-state index contributed by atoms with van der Waals surface area (Å²) in [4.78, 5) is 20.1. The summed E-state index contributed by atoms with van der Waals surface area (Å²) in [5.74, 6) is 1.99. The van der Waals surface area contributed by atoms with Crippen LogP contribution in [0.5, 0.6) is 0 Å². The fourth-order valence-corrected chi connectivity index (χ4v) is 9.95. The number of fused-ring (bicyclic) bond motifs is 8. The summed E-state index contributed by atoms with van der Waals surface area (Å²) in [6.45, 7) is 0. The van der Waals surface area contributed by atoms with Gasteiger partial charge in [-0.15, -0.1) is 0 Å². The number of nitrogens with zero attached hydrogens (tertiary/aromatic N) is 4. The van der Waals surface area contributed by atoms with Gasteiger partial charge in [0, 0.05) is 0 Å². The van der Waals surface area contributed by atoms with Crippen molar-refractivity contribution in [1.82, 2.24) is 19.9 Å². The minimum absolute atomic E-state index is 0.229. The normalized spacial score (nSPS) is 11.8. The van der Waals surface area contributed by atoms with Crippen molar-refractivity contribution in [2.24, 2.45) is 0 Å². The zero-order valence-electron chi connectivity index (χ0n) is 25.5. The Morgan fingerprint density at radius 1 is 0.417 bits per heavy atom. The Kier molecular flexibility index (Phi) is 6.34. The molecule has 0 radical (unpaired) electrons. The van der Waals surface area contributed by atoms with E-state index in [1.807, 2.05) is 60.7 Å². The molecule has 0 bridgehead atoms. The van der Waals surface area contributed by atoms with E-state index in [1.54, 1.807) is 11.3 Å². The summed E-state index contributed by atoms with van der Waals surface area (Å²) < 4.78 is 4.05. The predicted octanol–water partition coefficient (Wildman–Crippen LogP) is 10.8. The third-order valence-corrected chi connectivity index (χ3v) is 12.3. The Labute approximate surface area is 285 Å². The van der Waals surface area contributed by atoms with Crippen LogP contribution in [0.2, 0.25) is 0 Å². The molecule has 0 fully saturated rings. The number of aromatic nitrogens is 4. The zero-order valence-corrected chi connectivity index (χ0v) is 28.0. The van der Waals surface area contributed by atoms with Crippen LogP contribution in [0.3, 0.4) is 0 Å². The van der Waals surface area contributed by atoms with Crippen LogP contribution in [0.4, 0.5) is 0 Å². The Bertz CT molecular complexity index is 2770. The molecule has 48 heavy (non-hydrogen) atoms. The molecular formula is C42H24N4SSe. The molecule has 0 aliphatic heterocycles. The zero-order chi connectivity index (χ0) is 31.6. The van der Waals surface area contributed by atoms with Gasteiger partial charge in [0.2, 0.25) is 0 Å². The molecule has 224 valence electrons. The van der Waals surface area contributed by atoms with Crippen molar-refractivity contribution in [1.29, 1.82) is 0 Å². The first-order valence-corrected chi connectivity index (χ1v) is 18.3. The molecule has 10 aromatic rings. The topological polar surface area (TPSA) is 51.6 Å². The van der Waals surface area contributed by atoms with Crippen LogP contribution in [0.15, 0.2) is 146 Å². The summed E-state index contributed by atoms with van der Waals surface area (Å²) >= 11 is 2.00. The molecule has 0 spiro atoms. The number of thiazole rings is 1. The Balaban J connectivity index is 1.19. The van der Waals surface area contributed by atoms with E-state index in [9.17, 15) is 0 Å². The van der Waals surface area contributed by atoms with Gasteiger partial charge in [-0.2, -0.15) is 0 Å². The molecule has 0 saturated heterocycles. The first kappa shape index (κ1) is 27.6. The summed E-state index contributed by atoms with van der Waals surface area (Å²) in [7, 11) is 0. The van der Waals surface area contributed by atoms with Gasteiger partial charge in [-0.05, 0) is 0 Å². The molecule has 0 aliphatic rings.